The molecule has 1 heterocycles. The van der Waals surface area contributed by atoms with E-state index in [1.165, 1.54) is 23.5 Å². The maximum atomic E-state index is 13.2. The molecule has 0 aliphatic carbocycles. The molecule has 0 fully saturated rings. The lowest BCUT2D eigenvalue weighted by Gasteiger charge is -2.15. The molecule has 0 saturated heterocycles. The smallest absolute Gasteiger partial charge is 0.259 e. The first-order valence-corrected chi connectivity index (χ1v) is 8.22. The summed E-state index contributed by atoms with van der Waals surface area (Å²) in [5, 5.41) is 5.25. The van der Waals surface area contributed by atoms with Gasteiger partial charge in [0.05, 0.1) is 16.3 Å². The minimum Gasteiger partial charge on any atom is -0.298 e. The summed E-state index contributed by atoms with van der Waals surface area (Å²) in [5.74, 6) is -0.968. The van der Waals surface area contributed by atoms with Crippen molar-refractivity contribution < 1.29 is 9.18 Å². The molecule has 1 aromatic heterocycles. The molecule has 0 spiro atoms. The quantitative estimate of drug-likeness (QED) is 0.862. The molecule has 4 nitrogen and oxygen atoms in total. The van der Waals surface area contributed by atoms with Gasteiger partial charge in [0, 0.05) is 11.9 Å². The van der Waals surface area contributed by atoms with Gasteiger partial charge in [-0.05, 0) is 31.3 Å². The minimum absolute atomic E-state index is 0.0992. The Morgan fingerprint density at radius 3 is 2.82 bits per heavy atom. The Bertz CT molecular complexity index is 658. The normalized spacial score (nSPS) is 11.0. The third-order valence-corrected chi connectivity index (χ3v) is 4.36. The van der Waals surface area contributed by atoms with Gasteiger partial charge in [-0.25, -0.2) is 9.37 Å². The average Bonchev–Trinajstić information content (AvgIpc) is 2.94. The Morgan fingerprint density at radius 1 is 1.41 bits per heavy atom. The van der Waals surface area contributed by atoms with Crippen LogP contribution in [-0.4, -0.2) is 28.9 Å². The van der Waals surface area contributed by atoms with Crippen LogP contribution in [0.15, 0.2) is 23.6 Å². The topological polar surface area (TPSA) is 45.2 Å². The summed E-state index contributed by atoms with van der Waals surface area (Å²) < 4.78 is 13.2. The zero-order valence-corrected chi connectivity index (χ0v) is 14.0. The molecule has 0 saturated carbocycles. The summed E-state index contributed by atoms with van der Waals surface area (Å²) in [6, 6.07) is 3.69. The highest BCUT2D eigenvalue weighted by Gasteiger charge is 2.14. The van der Waals surface area contributed by atoms with Gasteiger partial charge < -0.3 is 0 Å². The lowest BCUT2D eigenvalue weighted by molar-refractivity contribution is 0.102. The molecule has 1 aromatic carbocycles. The number of aromatic nitrogens is 1. The SMILES string of the molecule is CCN(CC)Cc1csc(NC(=O)c2cc(F)ccc2Cl)n1. The Hall–Kier alpha value is -1.50. The van der Waals surface area contributed by atoms with E-state index in [9.17, 15) is 9.18 Å². The molecule has 22 heavy (non-hydrogen) atoms. The van der Waals surface area contributed by atoms with Crippen LogP contribution >= 0.6 is 22.9 Å². The molecule has 0 atom stereocenters. The van der Waals surface area contributed by atoms with Crippen molar-refractivity contribution in [3.05, 3.63) is 45.7 Å². The number of hydrogen-bond donors (Lipinski definition) is 1. The van der Waals surface area contributed by atoms with Gasteiger partial charge in [-0.1, -0.05) is 25.4 Å². The highest BCUT2D eigenvalue weighted by Crippen LogP contribution is 2.21. The van der Waals surface area contributed by atoms with Crippen LogP contribution in [0.1, 0.15) is 29.9 Å². The van der Waals surface area contributed by atoms with Crippen LogP contribution in [0.5, 0.6) is 0 Å². The number of halogens is 2. The van der Waals surface area contributed by atoms with E-state index in [1.54, 1.807) is 0 Å². The van der Waals surface area contributed by atoms with Gasteiger partial charge in [0.1, 0.15) is 5.82 Å². The lowest BCUT2D eigenvalue weighted by Crippen LogP contribution is -2.22. The number of hydrogen-bond acceptors (Lipinski definition) is 4. The lowest BCUT2D eigenvalue weighted by atomic mass is 10.2. The van der Waals surface area contributed by atoms with Crippen molar-refractivity contribution in [2.45, 2.75) is 20.4 Å². The molecule has 2 aromatic rings. The van der Waals surface area contributed by atoms with Crippen molar-refractivity contribution in [3.8, 4) is 0 Å². The number of thiazole rings is 1. The molecular weight excluding hydrogens is 325 g/mol. The molecule has 0 unspecified atom stereocenters. The van der Waals surface area contributed by atoms with Crippen molar-refractivity contribution >= 4 is 34.0 Å². The van der Waals surface area contributed by atoms with Gasteiger partial charge in [0.2, 0.25) is 0 Å². The van der Waals surface area contributed by atoms with Crippen LogP contribution in [0.4, 0.5) is 9.52 Å². The number of carbonyl (C=O) groups excluding carboxylic acids is 1. The van der Waals surface area contributed by atoms with E-state index in [4.69, 9.17) is 11.6 Å². The number of nitrogens with zero attached hydrogens (tertiary/aromatic N) is 2. The number of rotatable bonds is 6. The molecule has 7 heteroatoms. The van der Waals surface area contributed by atoms with Crippen LogP contribution in [-0.2, 0) is 6.54 Å². The van der Waals surface area contributed by atoms with Crippen molar-refractivity contribution in [1.29, 1.82) is 0 Å². The second kappa shape index (κ2) is 7.67. The summed E-state index contributed by atoms with van der Waals surface area (Å²) in [6.07, 6.45) is 0. The predicted octanol–water partition coefficient (Wildman–Crippen LogP) is 4.03. The fraction of sp³-hybridized carbons (Fsp3) is 0.333. The molecule has 0 radical (unpaired) electrons. The number of carbonyl (C=O) groups is 1. The molecular formula is C15H17ClFN3OS. The van der Waals surface area contributed by atoms with Crippen LogP contribution in [0.25, 0.3) is 0 Å². The Morgan fingerprint density at radius 2 is 2.14 bits per heavy atom. The van der Waals surface area contributed by atoms with Crippen molar-refractivity contribution in [3.63, 3.8) is 0 Å². The molecule has 118 valence electrons. The van der Waals surface area contributed by atoms with Gasteiger partial charge in [-0.15, -0.1) is 11.3 Å². The Kier molecular flexibility index (Phi) is 5.88. The number of benzene rings is 1. The van der Waals surface area contributed by atoms with E-state index in [1.807, 2.05) is 5.38 Å². The predicted molar refractivity (Wildman–Crippen MR) is 88.1 cm³/mol. The average molecular weight is 342 g/mol. The highest BCUT2D eigenvalue weighted by molar-refractivity contribution is 7.14. The summed E-state index contributed by atoms with van der Waals surface area (Å²) >= 11 is 7.26. The second-order valence-electron chi connectivity index (χ2n) is 4.68. The monoisotopic (exact) mass is 341 g/mol. The van der Waals surface area contributed by atoms with Gasteiger partial charge in [0.25, 0.3) is 5.91 Å². The summed E-state index contributed by atoms with van der Waals surface area (Å²) in [4.78, 5) is 18.7. The van der Waals surface area contributed by atoms with E-state index in [-0.39, 0.29) is 10.6 Å². The minimum atomic E-state index is -0.504. The summed E-state index contributed by atoms with van der Waals surface area (Å²) in [5.41, 5.74) is 0.997. The van der Waals surface area contributed by atoms with Gasteiger partial charge in [-0.2, -0.15) is 0 Å². The molecule has 0 aliphatic rings. The maximum Gasteiger partial charge on any atom is 0.259 e. The standard InChI is InChI=1S/C15H17ClFN3OS/c1-3-20(4-2)8-11-9-22-15(18-11)19-14(21)12-7-10(17)5-6-13(12)16/h5-7,9H,3-4,8H2,1-2H3,(H,18,19,21). The number of nitrogens with one attached hydrogen (secondary N) is 1. The van der Waals surface area contributed by atoms with E-state index in [0.717, 1.165) is 31.4 Å². The number of amides is 1. The van der Waals surface area contributed by atoms with Crippen molar-refractivity contribution in [2.75, 3.05) is 18.4 Å². The van der Waals surface area contributed by atoms with Crippen LogP contribution in [0.3, 0.4) is 0 Å². The highest BCUT2D eigenvalue weighted by atomic mass is 35.5. The van der Waals surface area contributed by atoms with Crippen molar-refractivity contribution in [2.24, 2.45) is 0 Å². The van der Waals surface area contributed by atoms with E-state index >= 15 is 0 Å². The van der Waals surface area contributed by atoms with Gasteiger partial charge >= 0.3 is 0 Å². The molecule has 1 N–H and O–H groups in total. The molecule has 2 rings (SSSR count). The van der Waals surface area contributed by atoms with Crippen LogP contribution in [0.2, 0.25) is 5.02 Å². The van der Waals surface area contributed by atoms with Crippen LogP contribution in [0, 0.1) is 5.82 Å². The zero-order valence-electron chi connectivity index (χ0n) is 12.4. The second-order valence-corrected chi connectivity index (χ2v) is 5.95. The first-order valence-electron chi connectivity index (χ1n) is 6.96. The first kappa shape index (κ1) is 16.9. The molecule has 1 amide bonds. The van der Waals surface area contributed by atoms with Crippen LogP contribution < -0.4 is 5.32 Å². The fourth-order valence-corrected chi connectivity index (χ4v) is 2.85. The van der Waals surface area contributed by atoms with E-state index in [2.05, 4.69) is 29.0 Å². The third-order valence-electron chi connectivity index (χ3n) is 3.23. The molecule has 0 aliphatic heterocycles. The number of anilines is 1. The van der Waals surface area contributed by atoms with Gasteiger partial charge in [0.15, 0.2) is 5.13 Å². The van der Waals surface area contributed by atoms with E-state index < -0.39 is 11.7 Å². The summed E-state index contributed by atoms with van der Waals surface area (Å²) in [6.45, 7) is 6.79. The third kappa shape index (κ3) is 4.25. The Balaban J connectivity index is 2.06. The largest absolute Gasteiger partial charge is 0.298 e. The Labute approximate surface area is 137 Å². The molecule has 0 bridgehead atoms. The maximum absolute atomic E-state index is 13.2. The van der Waals surface area contributed by atoms with E-state index in [0.29, 0.717) is 5.13 Å². The zero-order chi connectivity index (χ0) is 16.1. The fourth-order valence-electron chi connectivity index (χ4n) is 1.95. The van der Waals surface area contributed by atoms with Gasteiger partial charge in [-0.3, -0.25) is 15.0 Å². The first-order chi connectivity index (χ1) is 10.5. The van der Waals surface area contributed by atoms with Crippen molar-refractivity contribution in [1.82, 2.24) is 9.88 Å². The summed E-state index contributed by atoms with van der Waals surface area (Å²) in [7, 11) is 0.